The summed E-state index contributed by atoms with van der Waals surface area (Å²) in [6, 6.07) is 3.25. The second-order valence-electron chi connectivity index (χ2n) is 9.55. The van der Waals surface area contributed by atoms with Crippen LogP contribution in [0.15, 0.2) is 16.9 Å². The lowest BCUT2D eigenvalue weighted by Gasteiger charge is -2.42. The van der Waals surface area contributed by atoms with Crippen LogP contribution in [0.1, 0.15) is 40.5 Å². The molecule has 1 saturated heterocycles. The first-order valence-electron chi connectivity index (χ1n) is 10.8. The Morgan fingerprint density at radius 3 is 2.66 bits per heavy atom. The highest BCUT2D eigenvalue weighted by Gasteiger charge is 2.50. The number of ether oxygens (including phenoxy) is 2. The molecule has 3 rings (SSSR count). The summed E-state index contributed by atoms with van der Waals surface area (Å²) in [5, 5.41) is 0. The number of fused-ring (bicyclic) bond motifs is 1. The highest BCUT2D eigenvalue weighted by Crippen LogP contribution is 2.40. The molecule has 1 aromatic heterocycles. The molecule has 8 nitrogen and oxygen atoms in total. The summed E-state index contributed by atoms with van der Waals surface area (Å²) < 4.78 is 42.2. The number of aryl methyl sites for hydroxylation is 1. The van der Waals surface area contributed by atoms with Crippen LogP contribution in [-0.4, -0.2) is 51.8 Å². The molecular weight excluding hydrogens is 422 g/mol. The van der Waals surface area contributed by atoms with Gasteiger partial charge < -0.3 is 25.1 Å². The normalized spacial score (nSPS) is 21.0. The SMILES string of the molecule is C[C@@H]1CN(C(=O)OC(C)(C)C)C[C@H](CCCOc2cc(N)cc3[nH]c(=O)n(C)c23)C1(F)F. The number of carbonyl (C=O) groups excluding carboxylic acids is 1. The molecule has 3 N–H and O–H groups in total. The number of aromatic nitrogens is 2. The largest absolute Gasteiger partial charge is 0.491 e. The number of hydrogen-bond acceptors (Lipinski definition) is 5. The van der Waals surface area contributed by atoms with Crippen LogP contribution in [0.3, 0.4) is 0 Å². The topological polar surface area (TPSA) is 103 Å². The number of aromatic amines is 1. The van der Waals surface area contributed by atoms with Crippen molar-refractivity contribution in [3.8, 4) is 5.75 Å². The van der Waals surface area contributed by atoms with Gasteiger partial charge in [0.1, 0.15) is 16.9 Å². The standard InChI is InChI=1S/C22H32F2N4O4/c1-13-11-28(20(30)32-21(2,3)4)12-14(22(13,23)24)7-6-8-31-17-10-15(25)9-16-18(17)27(5)19(29)26-16/h9-10,13-14H,6-8,11-12,25H2,1-5H3,(H,26,29)/t13-,14+/m1/s1. The molecule has 0 unspecified atom stereocenters. The van der Waals surface area contributed by atoms with Gasteiger partial charge in [-0.2, -0.15) is 0 Å². The van der Waals surface area contributed by atoms with Crippen molar-refractivity contribution in [2.24, 2.45) is 18.9 Å². The van der Waals surface area contributed by atoms with E-state index < -0.39 is 29.5 Å². The van der Waals surface area contributed by atoms with E-state index in [1.54, 1.807) is 40.0 Å². The highest BCUT2D eigenvalue weighted by atomic mass is 19.3. The summed E-state index contributed by atoms with van der Waals surface area (Å²) >= 11 is 0. The average Bonchev–Trinajstić information content (AvgIpc) is 2.94. The summed E-state index contributed by atoms with van der Waals surface area (Å²) in [5.74, 6) is -4.45. The van der Waals surface area contributed by atoms with Crippen molar-refractivity contribution in [2.75, 3.05) is 25.4 Å². The van der Waals surface area contributed by atoms with Gasteiger partial charge in [0.25, 0.3) is 5.92 Å². The van der Waals surface area contributed by atoms with Gasteiger partial charge in [0.15, 0.2) is 0 Å². The van der Waals surface area contributed by atoms with Crippen LogP contribution < -0.4 is 16.2 Å². The van der Waals surface area contributed by atoms with E-state index in [9.17, 15) is 18.4 Å². The molecule has 0 bridgehead atoms. The third kappa shape index (κ3) is 4.99. The number of imidazole rings is 1. The van der Waals surface area contributed by atoms with E-state index in [1.165, 1.54) is 16.4 Å². The predicted molar refractivity (Wildman–Crippen MR) is 118 cm³/mol. The first-order valence-corrected chi connectivity index (χ1v) is 10.8. The Morgan fingerprint density at radius 2 is 2.00 bits per heavy atom. The number of piperidine rings is 1. The van der Waals surface area contributed by atoms with Gasteiger partial charge in [-0.05, 0) is 39.7 Å². The molecule has 1 amide bonds. The molecule has 32 heavy (non-hydrogen) atoms. The molecule has 0 spiro atoms. The number of rotatable bonds is 5. The van der Waals surface area contributed by atoms with Crippen LogP contribution in [0.2, 0.25) is 0 Å². The number of nitrogens with two attached hydrogens (primary N) is 1. The molecule has 2 aromatic rings. The van der Waals surface area contributed by atoms with Crippen molar-refractivity contribution in [3.63, 3.8) is 0 Å². The number of amides is 1. The van der Waals surface area contributed by atoms with Gasteiger partial charge in [-0.15, -0.1) is 0 Å². The van der Waals surface area contributed by atoms with Crippen LogP contribution in [0.25, 0.3) is 11.0 Å². The lowest BCUT2D eigenvalue weighted by molar-refractivity contribution is -0.145. The van der Waals surface area contributed by atoms with E-state index in [4.69, 9.17) is 15.2 Å². The fraction of sp³-hybridized carbons (Fsp3) is 0.636. The highest BCUT2D eigenvalue weighted by molar-refractivity contribution is 5.85. The van der Waals surface area contributed by atoms with Crippen LogP contribution in [0.4, 0.5) is 19.3 Å². The zero-order valence-corrected chi connectivity index (χ0v) is 19.2. The lowest BCUT2D eigenvalue weighted by atomic mass is 9.83. The minimum absolute atomic E-state index is 0.0439. The molecule has 1 aromatic carbocycles. The molecule has 2 heterocycles. The number of nitrogens with one attached hydrogen (secondary N) is 1. The third-order valence-electron chi connectivity index (χ3n) is 5.72. The Kier molecular flexibility index (Phi) is 6.44. The van der Waals surface area contributed by atoms with Crippen molar-refractivity contribution in [2.45, 2.75) is 52.1 Å². The monoisotopic (exact) mass is 454 g/mol. The smallest absolute Gasteiger partial charge is 0.410 e. The van der Waals surface area contributed by atoms with E-state index in [0.717, 1.165) is 0 Å². The fourth-order valence-corrected chi connectivity index (χ4v) is 4.07. The minimum Gasteiger partial charge on any atom is -0.491 e. The Labute approximate surface area is 185 Å². The van der Waals surface area contributed by atoms with Gasteiger partial charge in [0.05, 0.1) is 12.1 Å². The summed E-state index contributed by atoms with van der Waals surface area (Å²) in [6.45, 7) is 6.75. The molecule has 0 saturated carbocycles. The number of H-pyrrole nitrogens is 1. The average molecular weight is 455 g/mol. The first kappa shape index (κ1) is 23.9. The van der Waals surface area contributed by atoms with Gasteiger partial charge >= 0.3 is 11.8 Å². The van der Waals surface area contributed by atoms with Crippen molar-refractivity contribution >= 4 is 22.8 Å². The van der Waals surface area contributed by atoms with Crippen LogP contribution >= 0.6 is 0 Å². The molecule has 0 aliphatic carbocycles. The van der Waals surface area contributed by atoms with Gasteiger partial charge in [-0.1, -0.05) is 6.92 Å². The number of likely N-dealkylation sites (tertiary alicyclic amines) is 1. The number of benzene rings is 1. The molecule has 10 heteroatoms. The zero-order chi connectivity index (χ0) is 23.8. The van der Waals surface area contributed by atoms with Crippen LogP contribution in [0, 0.1) is 11.8 Å². The van der Waals surface area contributed by atoms with Crippen molar-refractivity contribution in [1.29, 1.82) is 0 Å². The van der Waals surface area contributed by atoms with Crippen LogP contribution in [-0.2, 0) is 11.8 Å². The summed E-state index contributed by atoms with van der Waals surface area (Å²) in [4.78, 5) is 28.4. The Bertz CT molecular complexity index is 1040. The van der Waals surface area contributed by atoms with Gasteiger partial charge in [-0.25, -0.2) is 18.4 Å². The summed E-state index contributed by atoms with van der Waals surface area (Å²) in [7, 11) is 1.61. The van der Waals surface area contributed by atoms with E-state index in [2.05, 4.69) is 4.98 Å². The van der Waals surface area contributed by atoms with Crippen LogP contribution in [0.5, 0.6) is 5.75 Å². The fourth-order valence-electron chi connectivity index (χ4n) is 4.07. The predicted octanol–water partition coefficient (Wildman–Crippen LogP) is 3.75. The molecule has 1 aliphatic heterocycles. The third-order valence-corrected chi connectivity index (χ3v) is 5.72. The number of hydrogen-bond donors (Lipinski definition) is 2. The second-order valence-corrected chi connectivity index (χ2v) is 9.55. The maximum Gasteiger partial charge on any atom is 0.410 e. The number of nitrogen functional groups attached to an aromatic ring is 1. The number of halogens is 2. The number of anilines is 1. The maximum absolute atomic E-state index is 14.8. The summed E-state index contributed by atoms with van der Waals surface area (Å²) in [5.41, 5.74) is 6.44. The number of alkyl halides is 2. The Hall–Kier alpha value is -2.78. The molecule has 2 atom stereocenters. The second kappa shape index (κ2) is 8.63. The van der Waals surface area contributed by atoms with E-state index in [0.29, 0.717) is 28.9 Å². The van der Waals surface area contributed by atoms with E-state index >= 15 is 0 Å². The Balaban J connectivity index is 1.65. The van der Waals surface area contributed by atoms with Crippen molar-refractivity contribution < 1.29 is 23.0 Å². The maximum atomic E-state index is 14.8. The van der Waals surface area contributed by atoms with E-state index in [-0.39, 0.29) is 31.8 Å². The molecule has 178 valence electrons. The molecule has 1 fully saturated rings. The molecule has 0 radical (unpaired) electrons. The molecule has 1 aliphatic rings. The quantitative estimate of drug-likeness (QED) is 0.529. The van der Waals surface area contributed by atoms with Crippen molar-refractivity contribution in [1.82, 2.24) is 14.5 Å². The number of nitrogens with zero attached hydrogens (tertiary/aromatic N) is 2. The Morgan fingerprint density at radius 1 is 1.31 bits per heavy atom. The molecular formula is C22H32F2N4O4. The minimum atomic E-state index is -2.90. The zero-order valence-electron chi connectivity index (χ0n) is 19.2. The van der Waals surface area contributed by atoms with Gasteiger partial charge in [0.2, 0.25) is 0 Å². The van der Waals surface area contributed by atoms with Gasteiger partial charge in [0, 0.05) is 43.7 Å². The lowest BCUT2D eigenvalue weighted by Crippen LogP contribution is -2.55. The summed E-state index contributed by atoms with van der Waals surface area (Å²) in [6.07, 6.45) is -0.0468. The van der Waals surface area contributed by atoms with E-state index in [1.807, 2.05) is 0 Å². The van der Waals surface area contributed by atoms with Crippen molar-refractivity contribution in [3.05, 3.63) is 22.6 Å². The van der Waals surface area contributed by atoms with Gasteiger partial charge in [-0.3, -0.25) is 4.57 Å². The number of carbonyl (C=O) groups is 1. The first-order chi connectivity index (χ1) is 14.8.